The normalized spacial score (nSPS) is 10.2. The highest BCUT2D eigenvalue weighted by atomic mass is 32.1. The van der Waals surface area contributed by atoms with Gasteiger partial charge in [0.25, 0.3) is 0 Å². The van der Waals surface area contributed by atoms with Crippen molar-refractivity contribution in [2.24, 2.45) is 5.73 Å². The predicted molar refractivity (Wildman–Crippen MR) is 70.7 cm³/mol. The highest BCUT2D eigenvalue weighted by molar-refractivity contribution is 7.80. The van der Waals surface area contributed by atoms with Crippen LogP contribution in [0.15, 0.2) is 24.3 Å². The molecule has 0 aliphatic heterocycles. The van der Waals surface area contributed by atoms with Crippen molar-refractivity contribution in [3.05, 3.63) is 30.0 Å². The van der Waals surface area contributed by atoms with E-state index >= 15 is 0 Å². The summed E-state index contributed by atoms with van der Waals surface area (Å²) in [4.78, 5) is 4.64. The second kappa shape index (κ2) is 4.55. The molecule has 1 aromatic carbocycles. The highest BCUT2D eigenvalue weighted by Crippen LogP contribution is 2.29. The maximum absolute atomic E-state index is 5.56. The largest absolute Gasteiger partial charge is 0.497 e. The number of nitrogens with two attached hydrogens (primary N) is 1. The van der Waals surface area contributed by atoms with Crippen LogP contribution in [0.25, 0.3) is 10.9 Å². The Morgan fingerprint density at radius 2 is 2.00 bits per heavy atom. The monoisotopic (exact) mass is 248 g/mol. The van der Waals surface area contributed by atoms with Crippen molar-refractivity contribution in [1.82, 2.24) is 4.98 Å². The first-order valence-corrected chi connectivity index (χ1v) is 5.39. The van der Waals surface area contributed by atoms with E-state index in [1.807, 2.05) is 12.1 Å². The second-order valence-corrected chi connectivity index (χ2v) is 3.90. The fourth-order valence-corrected chi connectivity index (χ4v) is 1.70. The van der Waals surface area contributed by atoms with Gasteiger partial charge in [-0.05, 0) is 12.1 Å². The number of rotatable bonds is 3. The van der Waals surface area contributed by atoms with E-state index in [2.05, 4.69) is 4.98 Å². The van der Waals surface area contributed by atoms with Gasteiger partial charge in [-0.2, -0.15) is 0 Å². The van der Waals surface area contributed by atoms with E-state index < -0.39 is 0 Å². The van der Waals surface area contributed by atoms with Crippen LogP contribution in [0.4, 0.5) is 0 Å². The molecule has 2 rings (SSSR count). The van der Waals surface area contributed by atoms with Gasteiger partial charge < -0.3 is 15.2 Å². The lowest BCUT2D eigenvalue weighted by molar-refractivity contribution is 0.397. The third-order valence-electron chi connectivity index (χ3n) is 2.44. The zero-order valence-corrected chi connectivity index (χ0v) is 10.4. The van der Waals surface area contributed by atoms with Crippen molar-refractivity contribution in [3.63, 3.8) is 0 Å². The summed E-state index contributed by atoms with van der Waals surface area (Å²) in [5, 5.41) is 0.918. The van der Waals surface area contributed by atoms with Gasteiger partial charge in [0, 0.05) is 11.5 Å². The molecule has 0 aliphatic carbocycles. The Bertz CT molecular complexity index is 584. The van der Waals surface area contributed by atoms with Crippen molar-refractivity contribution >= 4 is 28.1 Å². The summed E-state index contributed by atoms with van der Waals surface area (Å²) in [5.41, 5.74) is 6.86. The summed E-state index contributed by atoms with van der Waals surface area (Å²) >= 11 is 4.90. The van der Waals surface area contributed by atoms with Gasteiger partial charge in [0.15, 0.2) is 0 Å². The number of ether oxygens (including phenoxy) is 2. The van der Waals surface area contributed by atoms with Crippen molar-refractivity contribution in [2.75, 3.05) is 14.2 Å². The van der Waals surface area contributed by atoms with Crippen LogP contribution in [-0.4, -0.2) is 24.2 Å². The molecule has 4 nitrogen and oxygen atoms in total. The molecule has 5 heteroatoms. The van der Waals surface area contributed by atoms with Crippen LogP contribution < -0.4 is 15.2 Å². The summed E-state index contributed by atoms with van der Waals surface area (Å²) in [6, 6.07) is 7.33. The molecule has 2 N–H and O–H groups in total. The maximum atomic E-state index is 5.56. The Hall–Kier alpha value is -1.88. The molecule has 0 radical (unpaired) electrons. The standard InChI is InChI=1S/C12H12N2O2S/c1-15-8-5-7-3-4-9(12(13)17)14-11(7)10(6-8)16-2/h3-6H,1-2H3,(H2,13,17). The summed E-state index contributed by atoms with van der Waals surface area (Å²) in [7, 11) is 3.20. The first kappa shape index (κ1) is 11.6. The minimum Gasteiger partial charge on any atom is -0.497 e. The van der Waals surface area contributed by atoms with Crippen LogP contribution in [0.5, 0.6) is 11.5 Å². The van der Waals surface area contributed by atoms with Crippen molar-refractivity contribution < 1.29 is 9.47 Å². The van der Waals surface area contributed by atoms with Gasteiger partial charge in [-0.1, -0.05) is 18.3 Å². The van der Waals surface area contributed by atoms with E-state index in [4.69, 9.17) is 27.4 Å². The summed E-state index contributed by atoms with van der Waals surface area (Å²) < 4.78 is 10.5. The van der Waals surface area contributed by atoms with Crippen molar-refractivity contribution in [3.8, 4) is 11.5 Å². The number of fused-ring (bicyclic) bond motifs is 1. The molecule has 0 atom stereocenters. The highest BCUT2D eigenvalue weighted by Gasteiger charge is 2.08. The quantitative estimate of drug-likeness (QED) is 0.840. The molecule has 0 saturated heterocycles. The molecule has 0 saturated carbocycles. The predicted octanol–water partition coefficient (Wildman–Crippen LogP) is 1.89. The van der Waals surface area contributed by atoms with Gasteiger partial charge >= 0.3 is 0 Å². The van der Waals surface area contributed by atoms with Crippen LogP contribution in [0.1, 0.15) is 5.69 Å². The smallest absolute Gasteiger partial charge is 0.148 e. The van der Waals surface area contributed by atoms with E-state index in [9.17, 15) is 0 Å². The molecule has 88 valence electrons. The fourth-order valence-electron chi connectivity index (χ4n) is 1.59. The lowest BCUT2D eigenvalue weighted by Gasteiger charge is -2.09. The summed E-state index contributed by atoms with van der Waals surface area (Å²) in [6.45, 7) is 0. The molecule has 1 aromatic heterocycles. The Morgan fingerprint density at radius 3 is 2.59 bits per heavy atom. The molecule has 0 aliphatic rings. The third-order valence-corrected chi connectivity index (χ3v) is 2.65. The number of methoxy groups -OCH3 is 2. The minimum atomic E-state index is 0.268. The van der Waals surface area contributed by atoms with Crippen molar-refractivity contribution in [2.45, 2.75) is 0 Å². The van der Waals surface area contributed by atoms with E-state index in [0.29, 0.717) is 11.4 Å². The first-order chi connectivity index (χ1) is 8.15. The molecular formula is C12H12N2O2S. The number of hydrogen-bond acceptors (Lipinski definition) is 4. The van der Waals surface area contributed by atoms with Crippen LogP contribution >= 0.6 is 12.2 Å². The van der Waals surface area contributed by atoms with Crippen LogP contribution in [-0.2, 0) is 0 Å². The molecule has 2 aromatic rings. The van der Waals surface area contributed by atoms with Gasteiger partial charge in [0.1, 0.15) is 22.0 Å². The number of nitrogens with zero attached hydrogens (tertiary/aromatic N) is 1. The Labute approximate surface area is 104 Å². The van der Waals surface area contributed by atoms with E-state index in [1.54, 1.807) is 26.4 Å². The van der Waals surface area contributed by atoms with Crippen LogP contribution in [0, 0.1) is 0 Å². The third kappa shape index (κ3) is 2.14. The molecule has 0 spiro atoms. The van der Waals surface area contributed by atoms with E-state index in [1.165, 1.54) is 0 Å². The Morgan fingerprint density at radius 1 is 1.24 bits per heavy atom. The molecule has 1 heterocycles. The number of pyridine rings is 1. The Balaban J connectivity index is 2.71. The number of thiocarbonyl (C=S) groups is 1. The fraction of sp³-hybridized carbons (Fsp3) is 0.167. The SMILES string of the molecule is COc1cc(OC)c2nc(C(N)=S)ccc2c1. The van der Waals surface area contributed by atoms with Crippen molar-refractivity contribution in [1.29, 1.82) is 0 Å². The molecule has 0 bridgehead atoms. The van der Waals surface area contributed by atoms with Gasteiger partial charge in [-0.15, -0.1) is 0 Å². The van der Waals surface area contributed by atoms with Gasteiger partial charge in [-0.25, -0.2) is 4.98 Å². The van der Waals surface area contributed by atoms with E-state index in [-0.39, 0.29) is 4.99 Å². The van der Waals surface area contributed by atoms with Crippen LogP contribution in [0.2, 0.25) is 0 Å². The van der Waals surface area contributed by atoms with Gasteiger partial charge in [-0.3, -0.25) is 0 Å². The maximum Gasteiger partial charge on any atom is 0.148 e. The molecule has 0 unspecified atom stereocenters. The second-order valence-electron chi connectivity index (χ2n) is 3.46. The summed E-state index contributed by atoms with van der Waals surface area (Å²) in [6.07, 6.45) is 0. The van der Waals surface area contributed by atoms with Gasteiger partial charge in [0.2, 0.25) is 0 Å². The molecule has 0 amide bonds. The number of aromatic nitrogens is 1. The van der Waals surface area contributed by atoms with Gasteiger partial charge in [0.05, 0.1) is 19.9 Å². The Kier molecular flexibility index (Phi) is 3.10. The average Bonchev–Trinajstić information content (AvgIpc) is 2.36. The average molecular weight is 248 g/mol. The summed E-state index contributed by atoms with van der Waals surface area (Å²) in [5.74, 6) is 1.36. The lowest BCUT2D eigenvalue weighted by atomic mass is 10.1. The number of benzene rings is 1. The minimum absolute atomic E-state index is 0.268. The topological polar surface area (TPSA) is 57.4 Å². The zero-order chi connectivity index (χ0) is 12.4. The lowest BCUT2D eigenvalue weighted by Crippen LogP contribution is -2.11. The molecular weight excluding hydrogens is 236 g/mol. The number of hydrogen-bond donors (Lipinski definition) is 1. The molecule has 0 fully saturated rings. The first-order valence-electron chi connectivity index (χ1n) is 4.98. The molecule has 17 heavy (non-hydrogen) atoms. The zero-order valence-electron chi connectivity index (χ0n) is 9.56. The van der Waals surface area contributed by atoms with E-state index in [0.717, 1.165) is 16.7 Å². The van der Waals surface area contributed by atoms with Crippen LogP contribution in [0.3, 0.4) is 0 Å².